The summed E-state index contributed by atoms with van der Waals surface area (Å²) in [5.74, 6) is 1.98. The van der Waals surface area contributed by atoms with E-state index < -0.39 is 0 Å². The van der Waals surface area contributed by atoms with Gasteiger partial charge in [0.15, 0.2) is 0 Å². The van der Waals surface area contributed by atoms with Gasteiger partial charge in [0.05, 0.1) is 0 Å². The van der Waals surface area contributed by atoms with Crippen LogP contribution in [-0.2, 0) is 0 Å². The molecule has 0 bridgehead atoms. The van der Waals surface area contributed by atoms with Crippen LogP contribution in [0, 0.1) is 17.3 Å². The van der Waals surface area contributed by atoms with E-state index in [0.717, 1.165) is 18.4 Å². The largest absolute Gasteiger partial charge is 0.329 e. The maximum absolute atomic E-state index is 6.18. The van der Waals surface area contributed by atoms with Crippen molar-refractivity contribution in [1.82, 2.24) is 4.90 Å². The highest BCUT2D eigenvalue weighted by molar-refractivity contribution is 5.10. The highest BCUT2D eigenvalue weighted by atomic mass is 15.2. The molecular formula is C15H28N2. The Kier molecular flexibility index (Phi) is 2.79. The lowest BCUT2D eigenvalue weighted by Crippen LogP contribution is -2.58. The summed E-state index contributed by atoms with van der Waals surface area (Å²) >= 11 is 0. The van der Waals surface area contributed by atoms with Gasteiger partial charge in [-0.3, -0.25) is 4.90 Å². The summed E-state index contributed by atoms with van der Waals surface area (Å²) in [6.07, 6.45) is 8.59. The first kappa shape index (κ1) is 12.0. The highest BCUT2D eigenvalue weighted by Gasteiger charge is 2.55. The number of nitrogens with zero attached hydrogens (tertiary/aromatic N) is 1. The van der Waals surface area contributed by atoms with Gasteiger partial charge < -0.3 is 5.73 Å². The molecule has 3 saturated carbocycles. The predicted octanol–water partition coefficient (Wildman–Crippen LogP) is 2.63. The van der Waals surface area contributed by atoms with E-state index >= 15 is 0 Å². The molecule has 0 aliphatic heterocycles. The van der Waals surface area contributed by atoms with Gasteiger partial charge in [0.25, 0.3) is 0 Å². The smallest absolute Gasteiger partial charge is 0.0357 e. The van der Waals surface area contributed by atoms with E-state index in [2.05, 4.69) is 18.7 Å². The van der Waals surface area contributed by atoms with Crippen molar-refractivity contribution in [1.29, 1.82) is 0 Å². The van der Waals surface area contributed by atoms with Crippen molar-refractivity contribution in [2.24, 2.45) is 23.0 Å². The van der Waals surface area contributed by atoms with Gasteiger partial charge in [0.1, 0.15) is 0 Å². The molecule has 3 aliphatic rings. The Bertz CT molecular complexity index is 275. The molecule has 1 unspecified atom stereocenters. The first-order valence-electron chi connectivity index (χ1n) is 7.52. The summed E-state index contributed by atoms with van der Waals surface area (Å²) in [7, 11) is 0. The molecule has 0 aromatic carbocycles. The van der Waals surface area contributed by atoms with Crippen LogP contribution in [0.4, 0.5) is 0 Å². The Labute approximate surface area is 106 Å². The van der Waals surface area contributed by atoms with Crippen LogP contribution in [0.3, 0.4) is 0 Å². The van der Waals surface area contributed by atoms with Crippen LogP contribution >= 0.6 is 0 Å². The molecule has 0 amide bonds. The summed E-state index contributed by atoms with van der Waals surface area (Å²) in [5.41, 5.74) is 6.95. The van der Waals surface area contributed by atoms with Crippen LogP contribution in [0.1, 0.15) is 52.4 Å². The predicted molar refractivity (Wildman–Crippen MR) is 71.8 cm³/mol. The highest BCUT2D eigenvalue weighted by Crippen LogP contribution is 2.56. The average Bonchev–Trinajstić information content (AvgIpc) is 3.07. The molecule has 0 heterocycles. The van der Waals surface area contributed by atoms with Crippen LogP contribution in [0.25, 0.3) is 0 Å². The first-order valence-corrected chi connectivity index (χ1v) is 7.52. The fourth-order valence-corrected chi connectivity index (χ4v) is 3.18. The molecule has 2 heteroatoms. The van der Waals surface area contributed by atoms with E-state index in [9.17, 15) is 0 Å². The monoisotopic (exact) mass is 236 g/mol. The van der Waals surface area contributed by atoms with Crippen LogP contribution in [0.5, 0.6) is 0 Å². The van der Waals surface area contributed by atoms with Crippen molar-refractivity contribution < 1.29 is 0 Å². The molecule has 0 aromatic heterocycles. The number of nitrogens with two attached hydrogens (primary N) is 1. The van der Waals surface area contributed by atoms with Crippen molar-refractivity contribution >= 4 is 0 Å². The Morgan fingerprint density at radius 1 is 1.12 bits per heavy atom. The Morgan fingerprint density at radius 3 is 1.88 bits per heavy atom. The molecule has 0 radical (unpaired) electrons. The lowest BCUT2D eigenvalue weighted by atomic mass is 9.81. The van der Waals surface area contributed by atoms with E-state index in [1.165, 1.54) is 51.6 Å². The normalized spacial score (nSPS) is 30.4. The molecule has 3 aliphatic carbocycles. The third kappa shape index (κ3) is 2.26. The fourth-order valence-electron chi connectivity index (χ4n) is 3.18. The molecule has 17 heavy (non-hydrogen) atoms. The summed E-state index contributed by atoms with van der Waals surface area (Å²) in [4.78, 5) is 2.79. The fraction of sp³-hybridized carbons (Fsp3) is 1.00. The van der Waals surface area contributed by atoms with Gasteiger partial charge in [-0.05, 0) is 62.7 Å². The third-order valence-electron chi connectivity index (χ3n) is 5.75. The topological polar surface area (TPSA) is 29.3 Å². The second-order valence-electron chi connectivity index (χ2n) is 7.33. The maximum atomic E-state index is 6.18. The van der Waals surface area contributed by atoms with Gasteiger partial charge in [0, 0.05) is 25.2 Å². The molecule has 2 nitrogen and oxygen atoms in total. The first-order chi connectivity index (χ1) is 8.07. The number of hydrogen-bond donors (Lipinski definition) is 1. The number of hydrogen-bond acceptors (Lipinski definition) is 2. The van der Waals surface area contributed by atoms with Gasteiger partial charge in [0.2, 0.25) is 0 Å². The summed E-state index contributed by atoms with van der Waals surface area (Å²) in [5, 5.41) is 0. The summed E-state index contributed by atoms with van der Waals surface area (Å²) in [6, 6.07) is 0. The standard InChI is InChI=1S/C15H28N2/c1-14(7-8-14)15(2,11-16)17(9-12-3-4-12)10-13-5-6-13/h12-13H,3-11,16H2,1-2H3. The van der Waals surface area contributed by atoms with Gasteiger partial charge in [-0.15, -0.1) is 0 Å². The molecule has 2 N–H and O–H groups in total. The minimum Gasteiger partial charge on any atom is -0.329 e. The average molecular weight is 236 g/mol. The zero-order valence-corrected chi connectivity index (χ0v) is 11.5. The second kappa shape index (κ2) is 3.96. The van der Waals surface area contributed by atoms with E-state index in [0.29, 0.717) is 5.41 Å². The van der Waals surface area contributed by atoms with Gasteiger partial charge in [-0.2, -0.15) is 0 Å². The molecule has 0 saturated heterocycles. The van der Waals surface area contributed by atoms with Crippen LogP contribution < -0.4 is 5.73 Å². The van der Waals surface area contributed by atoms with Crippen LogP contribution in [0.2, 0.25) is 0 Å². The zero-order chi connectivity index (χ0) is 12.1. The molecule has 3 rings (SSSR count). The van der Waals surface area contributed by atoms with Crippen LogP contribution in [0.15, 0.2) is 0 Å². The minimum absolute atomic E-state index is 0.262. The zero-order valence-electron chi connectivity index (χ0n) is 11.5. The van der Waals surface area contributed by atoms with Crippen molar-refractivity contribution in [2.45, 2.75) is 57.9 Å². The molecule has 98 valence electrons. The van der Waals surface area contributed by atoms with Gasteiger partial charge in [-0.1, -0.05) is 6.92 Å². The van der Waals surface area contributed by atoms with Crippen molar-refractivity contribution in [3.05, 3.63) is 0 Å². The van der Waals surface area contributed by atoms with Crippen LogP contribution in [-0.4, -0.2) is 30.1 Å². The molecule has 3 fully saturated rings. The summed E-state index contributed by atoms with van der Waals surface area (Å²) in [6.45, 7) is 8.36. The molecule has 1 atom stereocenters. The van der Waals surface area contributed by atoms with E-state index in [4.69, 9.17) is 5.73 Å². The molecular weight excluding hydrogens is 208 g/mol. The van der Waals surface area contributed by atoms with E-state index in [-0.39, 0.29) is 5.54 Å². The second-order valence-corrected chi connectivity index (χ2v) is 7.33. The molecule has 0 spiro atoms. The Balaban J connectivity index is 1.73. The minimum atomic E-state index is 0.262. The van der Waals surface area contributed by atoms with Crippen molar-refractivity contribution in [3.8, 4) is 0 Å². The third-order valence-corrected chi connectivity index (χ3v) is 5.75. The number of rotatable bonds is 7. The van der Waals surface area contributed by atoms with Gasteiger partial charge in [-0.25, -0.2) is 0 Å². The lowest BCUT2D eigenvalue weighted by molar-refractivity contribution is 0.0388. The molecule has 0 aromatic rings. The van der Waals surface area contributed by atoms with Crippen molar-refractivity contribution in [3.63, 3.8) is 0 Å². The lowest BCUT2D eigenvalue weighted by Gasteiger charge is -2.46. The van der Waals surface area contributed by atoms with E-state index in [1.54, 1.807) is 0 Å². The maximum Gasteiger partial charge on any atom is 0.0357 e. The Morgan fingerprint density at radius 2 is 1.59 bits per heavy atom. The SMILES string of the molecule is CC1(C(C)(CN)N(CC2CC2)CC2CC2)CC1. The summed E-state index contributed by atoms with van der Waals surface area (Å²) < 4.78 is 0. The van der Waals surface area contributed by atoms with Gasteiger partial charge >= 0.3 is 0 Å². The van der Waals surface area contributed by atoms with E-state index in [1.807, 2.05) is 0 Å². The van der Waals surface area contributed by atoms with Crippen molar-refractivity contribution in [2.75, 3.05) is 19.6 Å². The quantitative estimate of drug-likeness (QED) is 0.736. The Hall–Kier alpha value is -0.0800.